The van der Waals surface area contributed by atoms with E-state index in [-0.39, 0.29) is 17.9 Å². The van der Waals surface area contributed by atoms with Crippen molar-refractivity contribution < 1.29 is 9.53 Å². The number of nitrogens with zero attached hydrogens (tertiary/aromatic N) is 3. The van der Waals surface area contributed by atoms with Gasteiger partial charge in [-0.3, -0.25) is 14.5 Å². The summed E-state index contributed by atoms with van der Waals surface area (Å²) in [5.74, 6) is -0.212. The summed E-state index contributed by atoms with van der Waals surface area (Å²) < 4.78 is 7.61. The van der Waals surface area contributed by atoms with Crippen LogP contribution in [0.1, 0.15) is 29.3 Å². The van der Waals surface area contributed by atoms with Crippen molar-refractivity contribution in [2.24, 2.45) is 13.0 Å². The molecule has 116 valence electrons. The predicted molar refractivity (Wildman–Crippen MR) is 82.3 cm³/mol. The van der Waals surface area contributed by atoms with Crippen LogP contribution in [0, 0.1) is 19.8 Å². The molecule has 2 aromatic heterocycles. The van der Waals surface area contributed by atoms with Gasteiger partial charge in [0.2, 0.25) is 5.91 Å². The van der Waals surface area contributed by atoms with Gasteiger partial charge in [-0.2, -0.15) is 5.10 Å². The predicted octanol–water partition coefficient (Wildman–Crippen LogP) is 2.15. The highest BCUT2D eigenvalue weighted by molar-refractivity contribution is 5.93. The highest BCUT2D eigenvalue weighted by Crippen LogP contribution is 2.36. The topological polar surface area (TPSA) is 69.0 Å². The smallest absolute Gasteiger partial charge is 0.230 e. The first-order valence-electron chi connectivity index (χ1n) is 7.39. The SMILES string of the molecule is Cc1cnccc1NC(=O)[C@H]1CCO[C@@H]1c1cnn(C)c1C. The number of aromatic nitrogens is 3. The molecule has 2 atom stereocenters. The molecule has 3 rings (SSSR count). The number of amides is 1. The van der Waals surface area contributed by atoms with E-state index in [4.69, 9.17) is 4.74 Å². The van der Waals surface area contributed by atoms with Crippen molar-refractivity contribution in [3.05, 3.63) is 41.5 Å². The molecule has 3 heterocycles. The summed E-state index contributed by atoms with van der Waals surface area (Å²) in [4.78, 5) is 16.7. The van der Waals surface area contributed by atoms with Crippen LogP contribution >= 0.6 is 0 Å². The maximum atomic E-state index is 12.6. The van der Waals surface area contributed by atoms with Crippen molar-refractivity contribution in [2.45, 2.75) is 26.4 Å². The summed E-state index contributed by atoms with van der Waals surface area (Å²) in [5.41, 5.74) is 3.77. The lowest BCUT2D eigenvalue weighted by molar-refractivity contribution is -0.121. The summed E-state index contributed by atoms with van der Waals surface area (Å²) in [5, 5.41) is 7.24. The van der Waals surface area contributed by atoms with E-state index in [0.717, 1.165) is 28.9 Å². The zero-order valence-corrected chi connectivity index (χ0v) is 13.0. The van der Waals surface area contributed by atoms with Crippen LogP contribution in [0.3, 0.4) is 0 Å². The zero-order valence-electron chi connectivity index (χ0n) is 13.0. The van der Waals surface area contributed by atoms with Gasteiger partial charge in [-0.15, -0.1) is 0 Å². The molecule has 1 aliphatic heterocycles. The quantitative estimate of drug-likeness (QED) is 0.943. The number of hydrogen-bond acceptors (Lipinski definition) is 4. The highest BCUT2D eigenvalue weighted by Gasteiger charge is 2.37. The molecule has 22 heavy (non-hydrogen) atoms. The largest absolute Gasteiger partial charge is 0.373 e. The van der Waals surface area contributed by atoms with Crippen LogP contribution in [0.15, 0.2) is 24.7 Å². The van der Waals surface area contributed by atoms with Crippen LogP contribution in [-0.2, 0) is 16.6 Å². The lowest BCUT2D eigenvalue weighted by Crippen LogP contribution is -2.26. The number of rotatable bonds is 3. The summed E-state index contributed by atoms with van der Waals surface area (Å²) in [6.45, 7) is 4.51. The summed E-state index contributed by atoms with van der Waals surface area (Å²) in [7, 11) is 1.89. The molecule has 0 bridgehead atoms. The third-order valence-corrected chi connectivity index (χ3v) is 4.29. The standard InChI is InChI=1S/C16H20N4O2/c1-10-8-17-6-4-14(10)19-16(21)12-5-7-22-15(12)13-9-18-20(3)11(13)2/h4,6,8-9,12,15H,5,7H2,1-3H3,(H,17,19,21)/t12-,15-/m0/s1. The third kappa shape index (κ3) is 2.62. The Kier molecular flexibility index (Phi) is 3.94. The second-order valence-electron chi connectivity index (χ2n) is 5.68. The Hall–Kier alpha value is -2.21. The molecule has 0 spiro atoms. The average molecular weight is 300 g/mol. The third-order valence-electron chi connectivity index (χ3n) is 4.29. The fourth-order valence-electron chi connectivity index (χ4n) is 2.80. The van der Waals surface area contributed by atoms with E-state index in [1.54, 1.807) is 23.3 Å². The van der Waals surface area contributed by atoms with Crippen molar-refractivity contribution >= 4 is 11.6 Å². The average Bonchev–Trinajstić information content (AvgIpc) is 3.09. The Morgan fingerprint density at radius 2 is 2.23 bits per heavy atom. The van der Waals surface area contributed by atoms with E-state index in [0.29, 0.717) is 6.61 Å². The highest BCUT2D eigenvalue weighted by atomic mass is 16.5. The van der Waals surface area contributed by atoms with E-state index >= 15 is 0 Å². The van der Waals surface area contributed by atoms with Crippen LogP contribution in [0.5, 0.6) is 0 Å². The number of nitrogens with one attached hydrogen (secondary N) is 1. The van der Waals surface area contributed by atoms with Crippen molar-refractivity contribution in [3.63, 3.8) is 0 Å². The number of ether oxygens (including phenoxy) is 1. The van der Waals surface area contributed by atoms with E-state index in [1.807, 2.05) is 27.0 Å². The van der Waals surface area contributed by atoms with Gasteiger partial charge in [0.1, 0.15) is 0 Å². The van der Waals surface area contributed by atoms with Crippen molar-refractivity contribution in [1.82, 2.24) is 14.8 Å². The number of aryl methyl sites for hydroxylation is 2. The fourth-order valence-corrected chi connectivity index (χ4v) is 2.80. The van der Waals surface area contributed by atoms with E-state index in [2.05, 4.69) is 15.4 Å². The number of hydrogen-bond donors (Lipinski definition) is 1. The molecule has 1 amide bonds. The van der Waals surface area contributed by atoms with E-state index < -0.39 is 0 Å². The molecule has 0 unspecified atom stereocenters. The molecule has 1 N–H and O–H groups in total. The molecule has 0 saturated carbocycles. The Morgan fingerprint density at radius 1 is 1.41 bits per heavy atom. The van der Waals surface area contributed by atoms with E-state index in [9.17, 15) is 4.79 Å². The van der Waals surface area contributed by atoms with Gasteiger partial charge in [0.05, 0.1) is 18.2 Å². The molecule has 1 aliphatic rings. The first-order valence-corrected chi connectivity index (χ1v) is 7.39. The van der Waals surface area contributed by atoms with Crippen LogP contribution in [0.25, 0.3) is 0 Å². The molecular formula is C16H20N4O2. The number of anilines is 1. The van der Waals surface area contributed by atoms with Gasteiger partial charge >= 0.3 is 0 Å². The minimum absolute atomic E-state index is 0.0138. The minimum Gasteiger partial charge on any atom is -0.373 e. The minimum atomic E-state index is -0.226. The Balaban J connectivity index is 1.80. The summed E-state index contributed by atoms with van der Waals surface area (Å²) in [6, 6.07) is 1.81. The van der Waals surface area contributed by atoms with Gasteiger partial charge in [-0.1, -0.05) is 0 Å². The lowest BCUT2D eigenvalue weighted by atomic mass is 9.94. The van der Waals surface area contributed by atoms with Gasteiger partial charge in [0, 0.05) is 43.0 Å². The molecule has 0 radical (unpaired) electrons. The maximum absolute atomic E-state index is 12.6. The van der Waals surface area contributed by atoms with Crippen LogP contribution in [0.2, 0.25) is 0 Å². The Labute approximate surface area is 129 Å². The van der Waals surface area contributed by atoms with Gasteiger partial charge in [-0.25, -0.2) is 0 Å². The first-order chi connectivity index (χ1) is 10.6. The normalized spacial score (nSPS) is 21.0. The first kappa shape index (κ1) is 14.7. The number of carbonyl (C=O) groups is 1. The fraction of sp³-hybridized carbons (Fsp3) is 0.438. The van der Waals surface area contributed by atoms with Gasteiger partial charge in [-0.05, 0) is 31.9 Å². The van der Waals surface area contributed by atoms with Crippen molar-refractivity contribution in [3.8, 4) is 0 Å². The second-order valence-corrected chi connectivity index (χ2v) is 5.68. The number of pyridine rings is 1. The Bertz CT molecular complexity index is 695. The van der Waals surface area contributed by atoms with Crippen LogP contribution < -0.4 is 5.32 Å². The monoisotopic (exact) mass is 300 g/mol. The molecule has 0 aromatic carbocycles. The van der Waals surface area contributed by atoms with Gasteiger partial charge < -0.3 is 10.1 Å². The molecule has 6 nitrogen and oxygen atoms in total. The molecule has 1 saturated heterocycles. The van der Waals surface area contributed by atoms with Gasteiger partial charge in [0.25, 0.3) is 0 Å². The molecule has 2 aromatic rings. The molecule has 6 heteroatoms. The van der Waals surface area contributed by atoms with Crippen molar-refractivity contribution in [2.75, 3.05) is 11.9 Å². The maximum Gasteiger partial charge on any atom is 0.230 e. The van der Waals surface area contributed by atoms with E-state index in [1.165, 1.54) is 0 Å². The van der Waals surface area contributed by atoms with Crippen LogP contribution in [0.4, 0.5) is 5.69 Å². The molecular weight excluding hydrogens is 280 g/mol. The summed E-state index contributed by atoms with van der Waals surface area (Å²) >= 11 is 0. The van der Waals surface area contributed by atoms with Crippen LogP contribution in [-0.4, -0.2) is 27.3 Å². The Morgan fingerprint density at radius 3 is 2.91 bits per heavy atom. The summed E-state index contributed by atoms with van der Waals surface area (Å²) in [6.07, 6.45) is 5.70. The van der Waals surface area contributed by atoms with Crippen molar-refractivity contribution in [1.29, 1.82) is 0 Å². The lowest BCUT2D eigenvalue weighted by Gasteiger charge is -2.18. The zero-order chi connectivity index (χ0) is 15.7. The number of carbonyl (C=O) groups excluding carboxylic acids is 1. The second kappa shape index (κ2) is 5.88. The van der Waals surface area contributed by atoms with Gasteiger partial charge in [0.15, 0.2) is 0 Å². The molecule has 0 aliphatic carbocycles. The molecule has 1 fully saturated rings.